The van der Waals surface area contributed by atoms with Gasteiger partial charge >= 0.3 is 0 Å². The summed E-state index contributed by atoms with van der Waals surface area (Å²) in [5.74, 6) is -0.137. The van der Waals surface area contributed by atoms with Crippen molar-refractivity contribution in [1.82, 2.24) is 15.0 Å². The number of pyridine rings is 1. The van der Waals surface area contributed by atoms with Crippen LogP contribution in [0.1, 0.15) is 0 Å². The second-order valence-corrected chi connectivity index (χ2v) is 6.27. The third kappa shape index (κ3) is 3.19. The van der Waals surface area contributed by atoms with E-state index in [1.54, 1.807) is 37.6 Å². The number of fused-ring (bicyclic) bond motifs is 1. The molecule has 4 nitrogen and oxygen atoms in total. The fourth-order valence-electron chi connectivity index (χ4n) is 2.88. The van der Waals surface area contributed by atoms with Crippen molar-refractivity contribution in [2.45, 2.75) is 0 Å². The van der Waals surface area contributed by atoms with Gasteiger partial charge in [-0.15, -0.1) is 0 Å². The first-order chi connectivity index (χ1) is 13.1. The van der Waals surface area contributed by atoms with Gasteiger partial charge < -0.3 is 5.32 Å². The van der Waals surface area contributed by atoms with Gasteiger partial charge in [-0.05, 0) is 48.0 Å². The van der Waals surface area contributed by atoms with Gasteiger partial charge in [0.25, 0.3) is 0 Å². The number of nitrogens with zero attached hydrogens (tertiary/aromatic N) is 3. The zero-order valence-electron chi connectivity index (χ0n) is 14.2. The number of nitrogens with one attached hydrogen (secondary N) is 1. The number of rotatable bonds is 3. The molecule has 0 aliphatic heterocycles. The largest absolute Gasteiger partial charge is 0.373 e. The zero-order valence-corrected chi connectivity index (χ0v) is 14.9. The van der Waals surface area contributed by atoms with Gasteiger partial charge in [-0.1, -0.05) is 11.6 Å². The topological polar surface area (TPSA) is 50.7 Å². The average molecular weight is 383 g/mol. The second kappa shape index (κ2) is 6.89. The van der Waals surface area contributed by atoms with E-state index < -0.39 is 11.6 Å². The molecule has 0 amide bonds. The fraction of sp³-hybridized carbons (Fsp3) is 0.0500. The highest BCUT2D eigenvalue weighted by Gasteiger charge is 2.15. The molecular formula is C20H13ClF2N4. The Morgan fingerprint density at radius 2 is 1.85 bits per heavy atom. The second-order valence-electron chi connectivity index (χ2n) is 5.87. The van der Waals surface area contributed by atoms with E-state index in [2.05, 4.69) is 20.3 Å². The molecule has 1 N–H and O–H groups in total. The maximum atomic E-state index is 14.9. The van der Waals surface area contributed by atoms with Crippen LogP contribution >= 0.6 is 11.6 Å². The number of aromatic nitrogens is 3. The first kappa shape index (κ1) is 17.3. The first-order valence-corrected chi connectivity index (χ1v) is 8.49. The molecule has 4 aromatic rings. The number of anilines is 1. The molecular weight excluding hydrogens is 370 g/mol. The molecule has 2 heterocycles. The van der Waals surface area contributed by atoms with E-state index in [0.29, 0.717) is 33.7 Å². The van der Waals surface area contributed by atoms with Crippen LogP contribution < -0.4 is 5.32 Å². The van der Waals surface area contributed by atoms with Crippen LogP contribution in [0.5, 0.6) is 0 Å². The first-order valence-electron chi connectivity index (χ1n) is 8.11. The van der Waals surface area contributed by atoms with Gasteiger partial charge in [0, 0.05) is 36.0 Å². The Hall–Kier alpha value is -3.12. The Bertz CT molecular complexity index is 1150. The lowest BCUT2D eigenvalue weighted by Crippen LogP contribution is -2.01. The summed E-state index contributed by atoms with van der Waals surface area (Å²) in [6, 6.07) is 10.6. The molecule has 0 fully saturated rings. The van der Waals surface area contributed by atoms with Crippen LogP contribution in [0.25, 0.3) is 33.4 Å². The third-order valence-corrected chi connectivity index (χ3v) is 4.47. The van der Waals surface area contributed by atoms with Crippen molar-refractivity contribution in [2.24, 2.45) is 0 Å². The molecule has 0 aliphatic rings. The Kier molecular flexibility index (Phi) is 4.41. The molecule has 0 aliphatic carbocycles. The van der Waals surface area contributed by atoms with Crippen LogP contribution in [-0.2, 0) is 0 Å². The Balaban J connectivity index is 1.95. The minimum atomic E-state index is -0.521. The summed E-state index contributed by atoms with van der Waals surface area (Å²) < 4.78 is 28.2. The molecule has 7 heteroatoms. The quantitative estimate of drug-likeness (QED) is 0.520. The van der Waals surface area contributed by atoms with E-state index in [-0.39, 0.29) is 10.5 Å². The minimum Gasteiger partial charge on any atom is -0.373 e. The van der Waals surface area contributed by atoms with Crippen molar-refractivity contribution in [3.8, 4) is 22.5 Å². The number of hydrogen-bond donors (Lipinski definition) is 1. The molecule has 0 atom stereocenters. The molecule has 27 heavy (non-hydrogen) atoms. The predicted octanol–water partition coefficient (Wildman–Crippen LogP) is 5.33. The van der Waals surface area contributed by atoms with Gasteiger partial charge in [-0.2, -0.15) is 0 Å². The van der Waals surface area contributed by atoms with Crippen LogP contribution in [0, 0.1) is 11.6 Å². The van der Waals surface area contributed by atoms with E-state index in [1.165, 1.54) is 24.3 Å². The normalized spacial score (nSPS) is 11.0. The number of benzene rings is 2. The molecule has 4 rings (SSSR count). The van der Waals surface area contributed by atoms with Crippen LogP contribution in [0.3, 0.4) is 0 Å². The lowest BCUT2D eigenvalue weighted by molar-refractivity contribution is 0.628. The van der Waals surface area contributed by atoms with E-state index in [4.69, 9.17) is 11.6 Å². The molecule has 0 saturated heterocycles. The van der Waals surface area contributed by atoms with Crippen molar-refractivity contribution < 1.29 is 8.78 Å². The Morgan fingerprint density at radius 3 is 2.56 bits per heavy atom. The zero-order chi connectivity index (χ0) is 19.0. The predicted molar refractivity (Wildman–Crippen MR) is 103 cm³/mol. The van der Waals surface area contributed by atoms with Crippen LogP contribution in [0.4, 0.5) is 14.6 Å². The van der Waals surface area contributed by atoms with E-state index in [9.17, 15) is 8.78 Å². The average Bonchev–Trinajstić information content (AvgIpc) is 2.68. The minimum absolute atomic E-state index is 0.176. The summed E-state index contributed by atoms with van der Waals surface area (Å²) >= 11 is 6.13. The van der Waals surface area contributed by atoms with Gasteiger partial charge in [0.2, 0.25) is 0 Å². The summed E-state index contributed by atoms with van der Waals surface area (Å²) in [6.07, 6.45) is 3.26. The molecule has 0 bridgehead atoms. The van der Waals surface area contributed by atoms with Crippen LogP contribution in [0.15, 0.2) is 54.9 Å². The molecule has 0 saturated carbocycles. The van der Waals surface area contributed by atoms with Gasteiger partial charge in [0.1, 0.15) is 23.0 Å². The molecule has 2 aromatic heterocycles. The molecule has 134 valence electrons. The van der Waals surface area contributed by atoms with E-state index >= 15 is 0 Å². The monoisotopic (exact) mass is 382 g/mol. The van der Waals surface area contributed by atoms with Crippen LogP contribution in [0.2, 0.25) is 5.02 Å². The van der Waals surface area contributed by atoms with Crippen molar-refractivity contribution in [3.05, 3.63) is 71.5 Å². The highest BCUT2D eigenvalue weighted by molar-refractivity contribution is 6.33. The fourth-order valence-corrected chi connectivity index (χ4v) is 3.16. The maximum Gasteiger partial charge on any atom is 0.163 e. The summed E-state index contributed by atoms with van der Waals surface area (Å²) in [4.78, 5) is 12.9. The lowest BCUT2D eigenvalue weighted by Gasteiger charge is -2.12. The van der Waals surface area contributed by atoms with Crippen molar-refractivity contribution in [2.75, 3.05) is 12.4 Å². The van der Waals surface area contributed by atoms with Gasteiger partial charge in [-0.25, -0.2) is 18.7 Å². The van der Waals surface area contributed by atoms with Crippen molar-refractivity contribution in [1.29, 1.82) is 0 Å². The molecule has 2 aromatic carbocycles. The van der Waals surface area contributed by atoms with Gasteiger partial charge in [0.15, 0.2) is 5.82 Å². The highest BCUT2D eigenvalue weighted by Crippen LogP contribution is 2.34. The molecule has 0 radical (unpaired) electrons. The van der Waals surface area contributed by atoms with Gasteiger partial charge in [-0.3, -0.25) is 4.98 Å². The van der Waals surface area contributed by atoms with Crippen LogP contribution in [-0.4, -0.2) is 22.0 Å². The van der Waals surface area contributed by atoms with Crippen molar-refractivity contribution >= 4 is 28.3 Å². The summed E-state index contributed by atoms with van der Waals surface area (Å²) in [6.45, 7) is 0. The van der Waals surface area contributed by atoms with Gasteiger partial charge in [0.05, 0.1) is 5.02 Å². The molecule has 0 unspecified atom stereocenters. The summed E-state index contributed by atoms with van der Waals surface area (Å²) in [5.41, 5.74) is 1.90. The van der Waals surface area contributed by atoms with E-state index in [1.807, 2.05) is 0 Å². The SMILES string of the molecule is CNc1nc(-c2cccnc2)nc2c(F)cc(-c3ccc(F)cc3Cl)cc12. The Morgan fingerprint density at radius 1 is 1.00 bits per heavy atom. The third-order valence-electron chi connectivity index (χ3n) is 4.15. The number of hydrogen-bond acceptors (Lipinski definition) is 4. The van der Waals surface area contributed by atoms with E-state index in [0.717, 1.165) is 0 Å². The Labute approximate surface area is 158 Å². The highest BCUT2D eigenvalue weighted by atomic mass is 35.5. The van der Waals surface area contributed by atoms with Crippen molar-refractivity contribution in [3.63, 3.8) is 0 Å². The summed E-state index contributed by atoms with van der Waals surface area (Å²) in [5, 5.41) is 3.68. The smallest absolute Gasteiger partial charge is 0.163 e. The maximum absolute atomic E-state index is 14.9. The molecule has 0 spiro atoms. The number of halogens is 3. The summed E-state index contributed by atoms with van der Waals surface area (Å²) in [7, 11) is 1.70. The lowest BCUT2D eigenvalue weighted by atomic mass is 10.0. The standard InChI is InChI=1S/C20H13ClF2N4/c1-24-20-15-7-12(14-5-4-13(22)9-16(14)21)8-17(23)18(15)26-19(27-20)11-3-2-6-25-10-11/h2-10H,1H3,(H,24,26,27).